The second-order valence-electron chi connectivity index (χ2n) is 7.48. The topological polar surface area (TPSA) is 194 Å². The van der Waals surface area contributed by atoms with Crippen LogP contribution < -0.4 is 15.3 Å². The van der Waals surface area contributed by atoms with Crippen LogP contribution in [0.15, 0.2) is 0 Å². The third kappa shape index (κ3) is 10.8. The summed E-state index contributed by atoms with van der Waals surface area (Å²) in [7, 11) is 0. The molecular formula is C18H31N4O9-3. The maximum absolute atomic E-state index is 11.1. The minimum absolute atomic E-state index is 0.196. The lowest BCUT2D eigenvalue weighted by molar-refractivity contribution is -0.308. The number of carboxylic acids is 3. The Kier molecular flexibility index (Phi) is 12.5. The van der Waals surface area contributed by atoms with E-state index in [-0.39, 0.29) is 58.9 Å². The lowest BCUT2D eigenvalue weighted by Crippen LogP contribution is -2.55. The Labute approximate surface area is 180 Å². The van der Waals surface area contributed by atoms with Crippen LogP contribution in [0.3, 0.4) is 0 Å². The third-order valence-corrected chi connectivity index (χ3v) is 5.22. The molecule has 0 amide bonds. The highest BCUT2D eigenvalue weighted by Crippen LogP contribution is 2.08. The van der Waals surface area contributed by atoms with E-state index < -0.39 is 56.4 Å². The van der Waals surface area contributed by atoms with Gasteiger partial charge >= 0.3 is 0 Å². The highest BCUT2D eigenvalue weighted by Gasteiger charge is 2.26. The molecule has 1 rings (SSSR count). The molecule has 0 radical (unpaired) electrons. The van der Waals surface area contributed by atoms with Gasteiger partial charge in [-0.1, -0.05) is 0 Å². The molecule has 1 fully saturated rings. The molecule has 0 aliphatic carbocycles. The van der Waals surface area contributed by atoms with Gasteiger partial charge < -0.3 is 45.0 Å². The molecule has 0 aromatic rings. The van der Waals surface area contributed by atoms with Crippen molar-refractivity contribution in [1.29, 1.82) is 0 Å². The normalized spacial score (nSPS) is 21.0. The monoisotopic (exact) mass is 447 g/mol. The number of hydrogen-bond acceptors (Lipinski definition) is 13. The fourth-order valence-corrected chi connectivity index (χ4v) is 3.51. The highest BCUT2D eigenvalue weighted by atomic mass is 16.4. The minimum Gasteiger partial charge on any atom is -0.549 e. The average molecular weight is 447 g/mol. The molecule has 0 saturated carbocycles. The number of carbonyl (C=O) groups excluding carboxylic acids is 3. The fourth-order valence-electron chi connectivity index (χ4n) is 3.51. The molecule has 1 saturated heterocycles. The van der Waals surface area contributed by atoms with E-state index in [4.69, 9.17) is 0 Å². The highest BCUT2D eigenvalue weighted by molar-refractivity contribution is 5.67. The molecule has 13 nitrogen and oxygen atoms in total. The van der Waals surface area contributed by atoms with Gasteiger partial charge in [0.25, 0.3) is 0 Å². The van der Waals surface area contributed by atoms with Crippen molar-refractivity contribution in [2.75, 3.05) is 85.2 Å². The number of carbonyl (C=O) groups is 3. The second kappa shape index (κ2) is 14.2. The molecule has 1 aliphatic heterocycles. The first-order chi connectivity index (χ1) is 14.7. The van der Waals surface area contributed by atoms with Gasteiger partial charge in [0.1, 0.15) is 0 Å². The van der Waals surface area contributed by atoms with Crippen molar-refractivity contribution < 1.29 is 45.0 Å². The molecule has 0 aromatic heterocycles. The van der Waals surface area contributed by atoms with Gasteiger partial charge in [-0.25, -0.2) is 0 Å². The van der Waals surface area contributed by atoms with E-state index >= 15 is 0 Å². The van der Waals surface area contributed by atoms with Gasteiger partial charge in [-0.3, -0.25) is 19.6 Å². The van der Waals surface area contributed by atoms with Crippen molar-refractivity contribution in [3.8, 4) is 0 Å². The molecule has 31 heavy (non-hydrogen) atoms. The summed E-state index contributed by atoms with van der Waals surface area (Å²) >= 11 is 0. The summed E-state index contributed by atoms with van der Waals surface area (Å²) in [6.45, 7) is -0.648. The first-order valence-electron chi connectivity index (χ1n) is 10.1. The quantitative estimate of drug-likeness (QED) is 0.286. The Morgan fingerprint density at radius 3 is 1.23 bits per heavy atom. The van der Waals surface area contributed by atoms with Crippen LogP contribution in [0.25, 0.3) is 0 Å². The number of aliphatic hydroxyl groups excluding tert-OH is 3. The maximum Gasteiger partial charge on any atom is 0.0947 e. The van der Waals surface area contributed by atoms with Crippen LogP contribution in [0.1, 0.15) is 0 Å². The number of hydrogen-bond donors (Lipinski definition) is 3. The molecule has 0 aromatic carbocycles. The van der Waals surface area contributed by atoms with Gasteiger partial charge in [-0.2, -0.15) is 0 Å². The average Bonchev–Trinajstić information content (AvgIpc) is 2.68. The van der Waals surface area contributed by atoms with E-state index in [0.29, 0.717) is 0 Å². The van der Waals surface area contributed by atoms with Gasteiger partial charge in [0.15, 0.2) is 0 Å². The molecule has 1 unspecified atom stereocenters. The van der Waals surface area contributed by atoms with Crippen LogP contribution in [0, 0.1) is 0 Å². The van der Waals surface area contributed by atoms with Gasteiger partial charge in [0.2, 0.25) is 0 Å². The molecule has 3 N–H and O–H groups in total. The predicted octanol–water partition coefficient (Wildman–Crippen LogP) is -7.83. The van der Waals surface area contributed by atoms with Crippen molar-refractivity contribution >= 4 is 17.9 Å². The summed E-state index contributed by atoms with van der Waals surface area (Å²) in [6, 6.07) is -0.836. The Morgan fingerprint density at radius 2 is 0.968 bits per heavy atom. The predicted molar refractivity (Wildman–Crippen MR) is 99.9 cm³/mol. The number of carboxylic acid groups (broad SMARTS) is 3. The molecule has 0 spiro atoms. The number of aliphatic carboxylic acids is 3. The largest absolute Gasteiger partial charge is 0.549 e. The number of nitrogens with zero attached hydrogens (tertiary/aromatic N) is 4. The summed E-state index contributed by atoms with van der Waals surface area (Å²) in [5, 5.41) is 62.3. The Morgan fingerprint density at radius 1 is 0.645 bits per heavy atom. The Bertz CT molecular complexity index is 548. The van der Waals surface area contributed by atoms with Gasteiger partial charge in [0, 0.05) is 72.0 Å². The summed E-state index contributed by atoms with van der Waals surface area (Å²) in [6.07, 6.45) is -1.25. The fraction of sp³-hybridized carbons (Fsp3) is 0.833. The van der Waals surface area contributed by atoms with E-state index in [1.165, 1.54) is 4.90 Å². The summed E-state index contributed by atoms with van der Waals surface area (Å²) in [5.41, 5.74) is 0. The molecule has 1 aliphatic rings. The van der Waals surface area contributed by atoms with Crippen LogP contribution in [0.5, 0.6) is 0 Å². The van der Waals surface area contributed by atoms with E-state index in [1.54, 1.807) is 14.7 Å². The summed E-state index contributed by atoms with van der Waals surface area (Å²) < 4.78 is 0. The Balaban J connectivity index is 3.05. The van der Waals surface area contributed by atoms with Crippen molar-refractivity contribution in [1.82, 2.24) is 19.6 Å². The van der Waals surface area contributed by atoms with Gasteiger partial charge in [-0.05, 0) is 0 Å². The van der Waals surface area contributed by atoms with Crippen molar-refractivity contribution in [2.24, 2.45) is 0 Å². The van der Waals surface area contributed by atoms with Gasteiger partial charge in [0.05, 0.1) is 43.3 Å². The summed E-state index contributed by atoms with van der Waals surface area (Å²) in [4.78, 5) is 39.5. The second-order valence-corrected chi connectivity index (χ2v) is 7.48. The Hall–Kier alpha value is -1.87. The zero-order valence-corrected chi connectivity index (χ0v) is 17.4. The molecule has 0 bridgehead atoms. The van der Waals surface area contributed by atoms with Crippen molar-refractivity contribution in [3.63, 3.8) is 0 Å². The number of rotatable bonds is 10. The first kappa shape index (κ1) is 27.2. The lowest BCUT2D eigenvalue weighted by Gasteiger charge is -2.38. The summed E-state index contributed by atoms with van der Waals surface area (Å²) in [5.74, 6) is -3.92. The van der Waals surface area contributed by atoms with Crippen LogP contribution >= 0.6 is 0 Å². The van der Waals surface area contributed by atoms with Crippen LogP contribution in [0.4, 0.5) is 0 Å². The molecule has 1 heterocycles. The SMILES string of the molecule is O=C([O-])CN1CCN(CC(=O)[O-])CCN(C(CO)[C@@H](O)CO)CCN(CC(=O)[O-])CC1. The van der Waals surface area contributed by atoms with Crippen LogP contribution in [-0.2, 0) is 14.4 Å². The van der Waals surface area contributed by atoms with Crippen molar-refractivity contribution in [3.05, 3.63) is 0 Å². The molecule has 2 atom stereocenters. The zero-order valence-electron chi connectivity index (χ0n) is 17.4. The maximum atomic E-state index is 11.1. The minimum atomic E-state index is -1.31. The zero-order chi connectivity index (χ0) is 23.4. The smallest absolute Gasteiger partial charge is 0.0947 e. The first-order valence-corrected chi connectivity index (χ1v) is 10.1. The molecule has 180 valence electrons. The van der Waals surface area contributed by atoms with E-state index in [1.807, 2.05) is 0 Å². The lowest BCUT2D eigenvalue weighted by atomic mass is 10.1. The van der Waals surface area contributed by atoms with E-state index in [2.05, 4.69) is 0 Å². The number of aliphatic hydroxyl groups is 3. The molecular weight excluding hydrogens is 416 g/mol. The molecule has 13 heteroatoms. The van der Waals surface area contributed by atoms with Gasteiger partial charge in [-0.15, -0.1) is 0 Å². The van der Waals surface area contributed by atoms with E-state index in [9.17, 15) is 45.0 Å². The van der Waals surface area contributed by atoms with Crippen LogP contribution in [-0.4, -0.2) is 150 Å². The van der Waals surface area contributed by atoms with Crippen LogP contribution in [0.2, 0.25) is 0 Å². The van der Waals surface area contributed by atoms with E-state index in [0.717, 1.165) is 0 Å². The third-order valence-electron chi connectivity index (χ3n) is 5.22. The standard InChI is InChI=1S/C18H34N4O9/c23-12-14(15(25)13-24)22-7-5-20(10-17(28)29)3-1-19(9-16(26)27)2-4-21(6-8-22)11-18(30)31/h14-15,23-25H,1-13H2,(H,26,27)(H,28,29)(H,30,31)/p-3/t14?,15-/m0/s1. The van der Waals surface area contributed by atoms with Crippen molar-refractivity contribution in [2.45, 2.75) is 12.1 Å².